The van der Waals surface area contributed by atoms with Crippen molar-refractivity contribution in [1.29, 1.82) is 0 Å². The van der Waals surface area contributed by atoms with Gasteiger partial charge in [-0.15, -0.1) is 0 Å². The lowest BCUT2D eigenvalue weighted by Gasteiger charge is -1.87. The first-order valence-electron chi connectivity index (χ1n) is 3.09. The van der Waals surface area contributed by atoms with E-state index in [9.17, 15) is 14.9 Å². The summed E-state index contributed by atoms with van der Waals surface area (Å²) >= 11 is 6.34. The van der Waals surface area contributed by atoms with E-state index in [-0.39, 0.29) is 15.4 Å². The van der Waals surface area contributed by atoms with Crippen LogP contribution in [0.1, 0.15) is 6.92 Å². The van der Waals surface area contributed by atoms with Gasteiger partial charge in [-0.3, -0.25) is 10.1 Å². The Labute approximate surface area is 81.7 Å². The number of carbonyl (C=O) groups excluding carboxylic acids is 1. The normalized spacial score (nSPS) is 9.69. The Balaban J connectivity index is 2.95. The zero-order valence-corrected chi connectivity index (χ0v) is 7.98. The number of nitro groups is 1. The van der Waals surface area contributed by atoms with Gasteiger partial charge in [-0.2, -0.15) is 0 Å². The van der Waals surface area contributed by atoms with Gasteiger partial charge < -0.3 is 10.1 Å². The number of nitrogens with zero attached hydrogens (tertiary/aromatic N) is 2. The molecule has 0 atom stereocenters. The fourth-order valence-electron chi connectivity index (χ4n) is 0.610. The molecule has 0 aliphatic carbocycles. The molecule has 0 aromatic carbocycles. The molecule has 0 radical (unpaired) electrons. The zero-order chi connectivity index (χ0) is 10.0. The lowest BCUT2D eigenvalue weighted by Crippen LogP contribution is -2.05. The summed E-state index contributed by atoms with van der Waals surface area (Å²) in [6, 6.07) is 0. The number of amides is 1. The van der Waals surface area contributed by atoms with Crippen molar-refractivity contribution < 1.29 is 9.72 Å². The second kappa shape index (κ2) is 3.67. The van der Waals surface area contributed by atoms with E-state index in [4.69, 9.17) is 11.6 Å². The van der Waals surface area contributed by atoms with Crippen LogP contribution in [0.2, 0.25) is 4.34 Å². The van der Waals surface area contributed by atoms with Crippen molar-refractivity contribution >= 4 is 39.8 Å². The molecule has 0 saturated carbocycles. The summed E-state index contributed by atoms with van der Waals surface area (Å²) in [5, 5.41) is 12.7. The van der Waals surface area contributed by atoms with E-state index in [0.29, 0.717) is 0 Å². The summed E-state index contributed by atoms with van der Waals surface area (Å²) in [6.45, 7) is 1.28. The Morgan fingerprint density at radius 3 is 2.77 bits per heavy atom. The molecule has 1 N–H and O–H groups in total. The van der Waals surface area contributed by atoms with Crippen molar-refractivity contribution in [2.24, 2.45) is 0 Å². The predicted octanol–water partition coefficient (Wildman–Crippen LogP) is 1.66. The van der Waals surface area contributed by atoms with Gasteiger partial charge in [0.1, 0.15) is 0 Å². The predicted molar refractivity (Wildman–Crippen MR) is 48.1 cm³/mol. The van der Waals surface area contributed by atoms with Crippen molar-refractivity contribution in [3.63, 3.8) is 0 Å². The fraction of sp³-hybridized carbons (Fsp3) is 0.200. The van der Waals surface area contributed by atoms with Gasteiger partial charge in [0.2, 0.25) is 5.91 Å². The number of carbonyl (C=O) groups is 1. The first-order chi connectivity index (χ1) is 6.00. The van der Waals surface area contributed by atoms with Crippen molar-refractivity contribution in [1.82, 2.24) is 4.98 Å². The first kappa shape index (κ1) is 9.87. The molecular weight excluding hydrogens is 218 g/mol. The first-order valence-corrected chi connectivity index (χ1v) is 4.28. The van der Waals surface area contributed by atoms with Crippen LogP contribution in [0.25, 0.3) is 0 Å². The SMILES string of the molecule is CC(=O)Nc1nc([N+](=O)[O-])c(Cl)s1. The van der Waals surface area contributed by atoms with Gasteiger partial charge in [-0.25, -0.2) is 0 Å². The summed E-state index contributed by atoms with van der Waals surface area (Å²) in [7, 11) is 0. The lowest BCUT2D eigenvalue weighted by molar-refractivity contribution is -0.388. The van der Waals surface area contributed by atoms with Gasteiger partial charge in [0.15, 0.2) is 4.34 Å². The molecule has 13 heavy (non-hydrogen) atoms. The molecule has 1 rings (SSSR count). The van der Waals surface area contributed by atoms with Crippen LogP contribution in [0.4, 0.5) is 10.9 Å². The minimum Gasteiger partial charge on any atom is -0.358 e. The smallest absolute Gasteiger partial charge is 0.358 e. The molecule has 0 aliphatic heterocycles. The van der Waals surface area contributed by atoms with E-state index in [1.165, 1.54) is 6.92 Å². The van der Waals surface area contributed by atoms with Gasteiger partial charge in [0.25, 0.3) is 0 Å². The number of anilines is 1. The molecule has 1 amide bonds. The standard InChI is InChI=1S/C5H4ClN3O3S/c1-2(10)7-5-8-4(9(11)12)3(6)13-5/h1H3,(H,7,8,10). The molecule has 0 unspecified atom stereocenters. The van der Waals surface area contributed by atoms with Crippen LogP contribution in [0.5, 0.6) is 0 Å². The topological polar surface area (TPSA) is 85.1 Å². The number of halogens is 1. The zero-order valence-electron chi connectivity index (χ0n) is 6.41. The van der Waals surface area contributed by atoms with Gasteiger partial charge in [-0.05, 0) is 9.91 Å². The number of thiazole rings is 1. The molecule has 6 nitrogen and oxygen atoms in total. The third-order valence-corrected chi connectivity index (χ3v) is 2.17. The van der Waals surface area contributed by atoms with Gasteiger partial charge in [-0.1, -0.05) is 22.9 Å². The van der Waals surface area contributed by atoms with Crippen LogP contribution in [0, 0.1) is 10.1 Å². The lowest BCUT2D eigenvalue weighted by atomic mass is 10.7. The van der Waals surface area contributed by atoms with Gasteiger partial charge >= 0.3 is 10.9 Å². The van der Waals surface area contributed by atoms with Crippen molar-refractivity contribution in [3.05, 3.63) is 14.5 Å². The van der Waals surface area contributed by atoms with Crippen molar-refractivity contribution in [2.75, 3.05) is 5.32 Å². The minimum absolute atomic E-state index is 0.0475. The second-order valence-electron chi connectivity index (χ2n) is 2.05. The quantitative estimate of drug-likeness (QED) is 0.608. The number of hydrogen-bond donors (Lipinski definition) is 1. The van der Waals surface area contributed by atoms with E-state index in [1.807, 2.05) is 0 Å². The minimum atomic E-state index is -0.704. The second-order valence-corrected chi connectivity index (χ2v) is 3.66. The molecule has 0 bridgehead atoms. The van der Waals surface area contributed by atoms with Crippen LogP contribution in [-0.4, -0.2) is 15.8 Å². The van der Waals surface area contributed by atoms with E-state index in [1.54, 1.807) is 0 Å². The Kier molecular flexibility index (Phi) is 2.79. The molecule has 0 fully saturated rings. The summed E-state index contributed by atoms with van der Waals surface area (Å²) in [4.78, 5) is 23.6. The molecule has 1 aromatic heterocycles. The Hall–Kier alpha value is -1.21. The summed E-state index contributed by atoms with van der Waals surface area (Å²) in [5.41, 5.74) is 0. The average Bonchev–Trinajstić information content (AvgIpc) is 2.29. The van der Waals surface area contributed by atoms with E-state index in [2.05, 4.69) is 10.3 Å². The van der Waals surface area contributed by atoms with E-state index in [0.717, 1.165) is 11.3 Å². The molecule has 0 saturated heterocycles. The van der Waals surface area contributed by atoms with Crippen LogP contribution < -0.4 is 5.32 Å². The summed E-state index contributed by atoms with van der Waals surface area (Å²) in [6.07, 6.45) is 0. The van der Waals surface area contributed by atoms with E-state index >= 15 is 0 Å². The van der Waals surface area contributed by atoms with E-state index < -0.39 is 10.7 Å². The van der Waals surface area contributed by atoms with Gasteiger partial charge in [0, 0.05) is 6.92 Å². The summed E-state index contributed by atoms with van der Waals surface area (Å²) < 4.78 is -0.0475. The third-order valence-electron chi connectivity index (χ3n) is 1.03. The maximum absolute atomic E-state index is 10.5. The molecule has 0 spiro atoms. The number of rotatable bonds is 2. The summed E-state index contributed by atoms with van der Waals surface area (Å²) in [5.74, 6) is -0.782. The van der Waals surface area contributed by atoms with Crippen molar-refractivity contribution in [3.8, 4) is 0 Å². The Morgan fingerprint density at radius 2 is 2.38 bits per heavy atom. The molecule has 1 heterocycles. The number of hydrogen-bond acceptors (Lipinski definition) is 5. The fourth-order valence-corrected chi connectivity index (χ4v) is 1.65. The third kappa shape index (κ3) is 2.36. The molecular formula is C5H4ClN3O3S. The van der Waals surface area contributed by atoms with Gasteiger partial charge in [0.05, 0.1) is 0 Å². The highest BCUT2D eigenvalue weighted by atomic mass is 35.5. The Morgan fingerprint density at radius 1 is 1.77 bits per heavy atom. The number of aromatic nitrogens is 1. The highest BCUT2D eigenvalue weighted by Crippen LogP contribution is 2.32. The average molecular weight is 222 g/mol. The molecule has 70 valence electrons. The maximum Gasteiger partial charge on any atom is 0.396 e. The highest BCUT2D eigenvalue weighted by molar-refractivity contribution is 7.20. The highest BCUT2D eigenvalue weighted by Gasteiger charge is 2.21. The monoisotopic (exact) mass is 221 g/mol. The van der Waals surface area contributed by atoms with Crippen molar-refractivity contribution in [2.45, 2.75) is 6.92 Å². The van der Waals surface area contributed by atoms with Crippen LogP contribution in [0.15, 0.2) is 0 Å². The van der Waals surface area contributed by atoms with Crippen LogP contribution in [-0.2, 0) is 4.79 Å². The van der Waals surface area contributed by atoms with Crippen LogP contribution >= 0.6 is 22.9 Å². The largest absolute Gasteiger partial charge is 0.396 e. The maximum atomic E-state index is 10.5. The van der Waals surface area contributed by atoms with Crippen LogP contribution in [0.3, 0.4) is 0 Å². The number of nitrogens with one attached hydrogen (secondary N) is 1. The molecule has 1 aromatic rings. The Bertz CT molecular complexity index is 364. The molecule has 8 heteroatoms. The molecule has 0 aliphatic rings.